The Morgan fingerprint density at radius 1 is 1.65 bits per heavy atom. The molecule has 0 amide bonds. The molecule has 1 heterocycles. The van der Waals surface area contributed by atoms with Gasteiger partial charge in [-0.05, 0) is 41.9 Å². The lowest BCUT2D eigenvalue weighted by Gasteiger charge is -2.52. The summed E-state index contributed by atoms with van der Waals surface area (Å²) < 4.78 is 6.52. The summed E-state index contributed by atoms with van der Waals surface area (Å²) in [4.78, 5) is 3.74. The molecule has 0 aromatic carbocycles. The predicted molar refractivity (Wildman–Crippen MR) is 75.3 cm³/mol. The maximum absolute atomic E-state index is 5.94. The van der Waals surface area contributed by atoms with Crippen molar-refractivity contribution in [3.05, 3.63) is 20.8 Å². The van der Waals surface area contributed by atoms with Gasteiger partial charge < -0.3 is 10.5 Å². The quantitative estimate of drug-likeness (QED) is 0.906. The number of rotatable bonds is 5. The molecule has 0 unspecified atom stereocenters. The predicted octanol–water partition coefficient (Wildman–Crippen LogP) is 2.45. The zero-order valence-electron chi connectivity index (χ0n) is 10.3. The maximum atomic E-state index is 5.94. The number of methoxy groups -OCH3 is 1. The number of ether oxygens (including phenoxy) is 1. The van der Waals surface area contributed by atoms with Gasteiger partial charge in [0.05, 0.1) is 6.10 Å². The van der Waals surface area contributed by atoms with Gasteiger partial charge in [-0.15, -0.1) is 11.3 Å². The minimum Gasteiger partial charge on any atom is -0.381 e. The standard InChI is InChI=1S/C12H19BrN2OS/c1-15(6-11-3-9(13)7-17-11)12(8-14)4-10(5-12)16-2/h3,7,10H,4-6,8,14H2,1-2H3. The summed E-state index contributed by atoms with van der Waals surface area (Å²) in [6.07, 6.45) is 2.47. The molecule has 0 spiro atoms. The third kappa shape index (κ3) is 2.74. The van der Waals surface area contributed by atoms with E-state index in [1.807, 2.05) is 0 Å². The highest BCUT2D eigenvalue weighted by Crippen LogP contribution is 2.39. The molecule has 1 fully saturated rings. The maximum Gasteiger partial charge on any atom is 0.0607 e. The SMILES string of the molecule is COC1CC(CN)(N(C)Cc2cc(Br)cs2)C1. The van der Waals surface area contributed by atoms with E-state index in [2.05, 4.69) is 39.3 Å². The van der Waals surface area contributed by atoms with Crippen molar-refractivity contribution in [2.45, 2.75) is 31.0 Å². The first-order valence-electron chi connectivity index (χ1n) is 5.76. The van der Waals surface area contributed by atoms with Gasteiger partial charge in [0.1, 0.15) is 0 Å². The van der Waals surface area contributed by atoms with Crippen LogP contribution in [0.25, 0.3) is 0 Å². The fraction of sp³-hybridized carbons (Fsp3) is 0.667. The number of hydrogen-bond donors (Lipinski definition) is 1. The van der Waals surface area contributed by atoms with E-state index < -0.39 is 0 Å². The van der Waals surface area contributed by atoms with Crippen LogP contribution in [0.2, 0.25) is 0 Å². The van der Waals surface area contributed by atoms with Crippen molar-refractivity contribution in [3.63, 3.8) is 0 Å². The Morgan fingerprint density at radius 2 is 2.35 bits per heavy atom. The average Bonchev–Trinajstić information content (AvgIpc) is 2.64. The van der Waals surface area contributed by atoms with Crippen LogP contribution in [0.3, 0.4) is 0 Å². The monoisotopic (exact) mass is 318 g/mol. The van der Waals surface area contributed by atoms with E-state index in [0.717, 1.165) is 23.9 Å². The summed E-state index contributed by atoms with van der Waals surface area (Å²) in [5, 5.41) is 2.12. The van der Waals surface area contributed by atoms with Crippen LogP contribution in [0.15, 0.2) is 15.9 Å². The normalized spacial score (nSPS) is 28.4. The van der Waals surface area contributed by atoms with E-state index in [1.165, 1.54) is 4.88 Å². The van der Waals surface area contributed by atoms with Gasteiger partial charge in [0, 0.05) is 40.5 Å². The van der Waals surface area contributed by atoms with Crippen LogP contribution in [0.5, 0.6) is 0 Å². The second kappa shape index (κ2) is 5.36. The second-order valence-corrected chi connectivity index (χ2v) is 6.69. The molecule has 1 aliphatic rings. The lowest BCUT2D eigenvalue weighted by Crippen LogP contribution is -2.62. The summed E-state index contributed by atoms with van der Waals surface area (Å²) in [6.45, 7) is 1.67. The molecule has 5 heteroatoms. The van der Waals surface area contributed by atoms with E-state index in [1.54, 1.807) is 18.4 Å². The molecule has 1 saturated carbocycles. The Morgan fingerprint density at radius 3 is 2.82 bits per heavy atom. The molecular weight excluding hydrogens is 300 g/mol. The van der Waals surface area contributed by atoms with Crippen molar-refractivity contribution in [3.8, 4) is 0 Å². The van der Waals surface area contributed by atoms with Crippen LogP contribution >= 0.6 is 27.3 Å². The molecule has 0 aliphatic heterocycles. The molecule has 0 bridgehead atoms. The smallest absolute Gasteiger partial charge is 0.0607 e. The largest absolute Gasteiger partial charge is 0.381 e. The molecule has 2 rings (SSSR count). The Kier molecular flexibility index (Phi) is 4.26. The number of hydrogen-bond acceptors (Lipinski definition) is 4. The molecule has 1 aliphatic carbocycles. The van der Waals surface area contributed by atoms with E-state index in [0.29, 0.717) is 12.6 Å². The first kappa shape index (κ1) is 13.5. The highest BCUT2D eigenvalue weighted by atomic mass is 79.9. The Labute approximate surface area is 115 Å². The highest BCUT2D eigenvalue weighted by molar-refractivity contribution is 9.10. The van der Waals surface area contributed by atoms with Gasteiger partial charge in [-0.3, -0.25) is 4.90 Å². The number of nitrogens with two attached hydrogens (primary N) is 1. The molecular formula is C12H19BrN2OS. The van der Waals surface area contributed by atoms with Crippen molar-refractivity contribution in [1.29, 1.82) is 0 Å². The van der Waals surface area contributed by atoms with Gasteiger partial charge in [-0.1, -0.05) is 0 Å². The van der Waals surface area contributed by atoms with Gasteiger partial charge in [0.15, 0.2) is 0 Å². The minimum atomic E-state index is 0.136. The third-order valence-electron chi connectivity index (χ3n) is 3.75. The van der Waals surface area contributed by atoms with Crippen molar-refractivity contribution in [2.75, 3.05) is 20.7 Å². The van der Waals surface area contributed by atoms with E-state index >= 15 is 0 Å². The molecule has 1 aromatic heterocycles. The zero-order valence-corrected chi connectivity index (χ0v) is 12.7. The fourth-order valence-corrected chi connectivity index (χ4v) is 3.93. The van der Waals surface area contributed by atoms with Crippen molar-refractivity contribution in [2.24, 2.45) is 5.73 Å². The summed E-state index contributed by atoms with van der Waals surface area (Å²) in [5.74, 6) is 0. The lowest BCUT2D eigenvalue weighted by atomic mass is 9.73. The molecule has 1 aromatic rings. The third-order valence-corrected chi connectivity index (χ3v) is 5.44. The van der Waals surface area contributed by atoms with E-state index in [4.69, 9.17) is 10.5 Å². The molecule has 96 valence electrons. The number of halogens is 1. The van der Waals surface area contributed by atoms with Gasteiger partial charge in [-0.25, -0.2) is 0 Å². The Bertz CT molecular complexity index is 376. The summed E-state index contributed by atoms with van der Waals surface area (Å²) in [5.41, 5.74) is 6.08. The molecule has 17 heavy (non-hydrogen) atoms. The molecule has 0 saturated heterocycles. The molecule has 3 nitrogen and oxygen atoms in total. The van der Waals surface area contributed by atoms with Crippen LogP contribution in [-0.2, 0) is 11.3 Å². The molecule has 0 atom stereocenters. The zero-order chi connectivity index (χ0) is 12.5. The van der Waals surface area contributed by atoms with Gasteiger partial charge in [0.25, 0.3) is 0 Å². The van der Waals surface area contributed by atoms with Crippen molar-refractivity contribution >= 4 is 27.3 Å². The molecule has 2 N–H and O–H groups in total. The average molecular weight is 319 g/mol. The topological polar surface area (TPSA) is 38.5 Å². The number of nitrogens with zero attached hydrogens (tertiary/aromatic N) is 1. The van der Waals surface area contributed by atoms with E-state index in [-0.39, 0.29) is 5.54 Å². The fourth-order valence-electron chi connectivity index (χ4n) is 2.43. The van der Waals surface area contributed by atoms with Crippen LogP contribution in [0.4, 0.5) is 0 Å². The van der Waals surface area contributed by atoms with Crippen molar-refractivity contribution in [1.82, 2.24) is 4.90 Å². The lowest BCUT2D eigenvalue weighted by molar-refractivity contribution is -0.0808. The van der Waals surface area contributed by atoms with Gasteiger partial charge in [0.2, 0.25) is 0 Å². The van der Waals surface area contributed by atoms with Crippen LogP contribution in [-0.4, -0.2) is 37.2 Å². The highest BCUT2D eigenvalue weighted by Gasteiger charge is 2.46. The Balaban J connectivity index is 1.97. The van der Waals surface area contributed by atoms with Crippen LogP contribution in [0, 0.1) is 0 Å². The summed E-state index contributed by atoms with van der Waals surface area (Å²) >= 11 is 5.27. The number of thiophene rings is 1. The summed E-state index contributed by atoms with van der Waals surface area (Å²) in [7, 11) is 3.94. The first-order chi connectivity index (χ1) is 8.09. The number of likely N-dealkylation sites (N-methyl/N-ethyl adjacent to an activating group) is 1. The summed E-state index contributed by atoms with van der Waals surface area (Å²) in [6, 6.07) is 2.18. The minimum absolute atomic E-state index is 0.136. The molecule has 0 radical (unpaired) electrons. The van der Waals surface area contributed by atoms with E-state index in [9.17, 15) is 0 Å². The Hall–Kier alpha value is 0.0600. The van der Waals surface area contributed by atoms with Gasteiger partial charge >= 0.3 is 0 Å². The second-order valence-electron chi connectivity index (χ2n) is 4.78. The first-order valence-corrected chi connectivity index (χ1v) is 7.44. The van der Waals surface area contributed by atoms with Crippen molar-refractivity contribution < 1.29 is 4.74 Å². The van der Waals surface area contributed by atoms with Crippen LogP contribution in [0.1, 0.15) is 17.7 Å². The van der Waals surface area contributed by atoms with Gasteiger partial charge in [-0.2, -0.15) is 0 Å². The van der Waals surface area contributed by atoms with Crippen LogP contribution < -0.4 is 5.73 Å².